The molecule has 2 aromatic heterocycles. The molecule has 11 rings (SSSR count). The molecule has 0 unspecified atom stereocenters. The molecule has 7 aromatic carbocycles. The Bertz CT molecular complexity index is 3510. The van der Waals surface area contributed by atoms with Gasteiger partial charge in [-0.05, 0) is 146 Å². The Morgan fingerprint density at radius 2 is 1.12 bits per heavy atom. The molecule has 4 heterocycles. The standard InChI is InChI=1S/C64H65BN2OS/c1-37(2)43-32-53-57-54(33-43)67(58-38(3)28-45(29-39(58)4)63(9,10)11)60-49-34-44(62(6,7)8)25-27-56(49)69-61(60)65(57)51-31-42(50-36-68-55-23-19-18-22-47(50)55)24-26-52(51)66(53)59-40(5)30-46(64(12,13)14)35-48(59)41-20-16-15-17-21-41/h15-37H,1-14H3. The lowest BCUT2D eigenvalue weighted by Crippen LogP contribution is -2.60. The molecule has 0 spiro atoms. The van der Waals surface area contributed by atoms with Crippen LogP contribution in [-0.2, 0) is 16.2 Å². The molecule has 3 nitrogen and oxygen atoms in total. The third kappa shape index (κ3) is 7.29. The third-order valence-electron chi connectivity index (χ3n) is 15.1. The second-order valence-electron chi connectivity index (χ2n) is 23.4. The average Bonchev–Trinajstić information content (AvgIpc) is 3.90. The van der Waals surface area contributed by atoms with Gasteiger partial charge in [-0.15, -0.1) is 11.3 Å². The maximum Gasteiger partial charge on any atom is 0.264 e. The van der Waals surface area contributed by atoms with Gasteiger partial charge in [0.1, 0.15) is 5.58 Å². The molecule has 2 aliphatic rings. The summed E-state index contributed by atoms with van der Waals surface area (Å²) in [6, 6.07) is 49.0. The number of hydrogen-bond donors (Lipinski definition) is 0. The molecule has 0 radical (unpaired) electrons. The van der Waals surface area contributed by atoms with Crippen LogP contribution < -0.4 is 25.5 Å². The van der Waals surface area contributed by atoms with Gasteiger partial charge in [0.05, 0.1) is 23.3 Å². The van der Waals surface area contributed by atoms with Gasteiger partial charge in [0.2, 0.25) is 0 Å². The Morgan fingerprint density at radius 1 is 0.507 bits per heavy atom. The van der Waals surface area contributed by atoms with Crippen molar-refractivity contribution >= 4 is 88.9 Å². The van der Waals surface area contributed by atoms with E-state index in [1.54, 1.807) is 0 Å². The molecular weight excluding hydrogens is 856 g/mol. The Kier molecular flexibility index (Phi) is 10.4. The third-order valence-corrected chi connectivity index (χ3v) is 16.3. The number of anilines is 6. The van der Waals surface area contributed by atoms with Crippen LogP contribution in [0.3, 0.4) is 0 Å². The van der Waals surface area contributed by atoms with Crippen molar-refractivity contribution in [2.45, 2.75) is 119 Å². The van der Waals surface area contributed by atoms with E-state index in [2.05, 4.69) is 234 Å². The Hall–Kier alpha value is -6.30. The van der Waals surface area contributed by atoms with E-state index in [9.17, 15) is 0 Å². The second-order valence-corrected chi connectivity index (χ2v) is 24.5. The summed E-state index contributed by atoms with van der Waals surface area (Å²) in [5, 5.41) is 2.45. The maximum absolute atomic E-state index is 6.27. The number of rotatable bonds is 5. The molecule has 0 atom stereocenters. The molecule has 0 fully saturated rings. The first-order valence-corrected chi connectivity index (χ1v) is 25.8. The molecule has 2 aliphatic heterocycles. The van der Waals surface area contributed by atoms with E-state index in [1.807, 2.05) is 17.6 Å². The molecule has 0 amide bonds. The zero-order chi connectivity index (χ0) is 48.6. The second kappa shape index (κ2) is 15.9. The highest BCUT2D eigenvalue weighted by molar-refractivity contribution is 7.33. The fraction of sp³-hybridized carbons (Fsp3) is 0.281. The zero-order valence-electron chi connectivity index (χ0n) is 43.1. The first-order valence-electron chi connectivity index (χ1n) is 25.0. The highest BCUT2D eigenvalue weighted by Crippen LogP contribution is 2.53. The van der Waals surface area contributed by atoms with E-state index in [0.717, 1.165) is 22.1 Å². The van der Waals surface area contributed by atoms with Gasteiger partial charge in [0, 0.05) is 48.4 Å². The van der Waals surface area contributed by atoms with Crippen LogP contribution in [0.1, 0.15) is 121 Å². The molecule has 9 aromatic rings. The van der Waals surface area contributed by atoms with Crippen LogP contribution in [-0.4, -0.2) is 6.71 Å². The van der Waals surface area contributed by atoms with Crippen molar-refractivity contribution < 1.29 is 4.42 Å². The Morgan fingerprint density at radius 3 is 1.77 bits per heavy atom. The van der Waals surface area contributed by atoms with Gasteiger partial charge in [-0.2, -0.15) is 0 Å². The van der Waals surface area contributed by atoms with Crippen LogP contribution in [0.4, 0.5) is 34.1 Å². The minimum atomic E-state index is -0.0418. The van der Waals surface area contributed by atoms with E-state index in [4.69, 9.17) is 4.42 Å². The van der Waals surface area contributed by atoms with Crippen molar-refractivity contribution in [3.8, 4) is 22.3 Å². The number of furan rings is 1. The van der Waals surface area contributed by atoms with Crippen LogP contribution >= 0.6 is 11.3 Å². The van der Waals surface area contributed by atoms with Crippen molar-refractivity contribution in [3.05, 3.63) is 173 Å². The number of fused-ring (bicyclic) bond motifs is 7. The number of benzene rings is 7. The monoisotopic (exact) mass is 920 g/mol. The highest BCUT2D eigenvalue weighted by Gasteiger charge is 2.47. The van der Waals surface area contributed by atoms with Crippen LogP contribution in [0.25, 0.3) is 43.3 Å². The molecule has 0 bridgehead atoms. The quantitative estimate of drug-likeness (QED) is 0.160. The first-order chi connectivity index (χ1) is 32.7. The Balaban J connectivity index is 1.31. The van der Waals surface area contributed by atoms with Crippen LogP contribution in [0.2, 0.25) is 0 Å². The van der Waals surface area contributed by atoms with Crippen LogP contribution in [0.5, 0.6) is 0 Å². The summed E-state index contributed by atoms with van der Waals surface area (Å²) in [7, 11) is 0. The van der Waals surface area contributed by atoms with Gasteiger partial charge in [0.25, 0.3) is 6.71 Å². The smallest absolute Gasteiger partial charge is 0.264 e. The molecule has 69 heavy (non-hydrogen) atoms. The van der Waals surface area contributed by atoms with Gasteiger partial charge in [-0.3, -0.25) is 0 Å². The molecule has 0 aliphatic carbocycles. The van der Waals surface area contributed by atoms with Gasteiger partial charge >= 0.3 is 0 Å². The van der Waals surface area contributed by atoms with Crippen molar-refractivity contribution in [2.75, 3.05) is 9.80 Å². The van der Waals surface area contributed by atoms with Crippen molar-refractivity contribution in [1.29, 1.82) is 0 Å². The van der Waals surface area contributed by atoms with E-state index in [1.165, 1.54) is 110 Å². The molecular formula is C64H65BN2OS. The van der Waals surface area contributed by atoms with Gasteiger partial charge in [0.15, 0.2) is 0 Å². The summed E-state index contributed by atoms with van der Waals surface area (Å²) in [6.45, 7) is 32.7. The zero-order valence-corrected chi connectivity index (χ0v) is 43.9. The van der Waals surface area contributed by atoms with Crippen LogP contribution in [0.15, 0.2) is 138 Å². The minimum absolute atomic E-state index is 0.0126. The summed E-state index contributed by atoms with van der Waals surface area (Å²) in [4.78, 5) is 5.37. The SMILES string of the molecule is Cc1cc(C(C)(C)C)cc(C)c1N1c2cc(C(C)C)cc3c2B(c2cc(-c4coc5ccccc45)ccc2N3c2c(C)cc(C(C)(C)C)cc2-c2ccccc2)c2sc3ccc(C(C)(C)C)cc3c21. The molecule has 0 N–H and O–H groups in total. The fourth-order valence-corrected chi connectivity index (χ4v) is 12.5. The lowest BCUT2D eigenvalue weighted by molar-refractivity contribution is 0.589. The summed E-state index contributed by atoms with van der Waals surface area (Å²) in [6.07, 6.45) is 1.96. The van der Waals surface area contributed by atoms with E-state index >= 15 is 0 Å². The topological polar surface area (TPSA) is 19.6 Å². The van der Waals surface area contributed by atoms with Gasteiger partial charge < -0.3 is 14.2 Å². The Labute approximate surface area is 414 Å². The van der Waals surface area contributed by atoms with E-state index in [0.29, 0.717) is 0 Å². The molecule has 0 saturated carbocycles. The van der Waals surface area contributed by atoms with Gasteiger partial charge in [-0.1, -0.05) is 161 Å². The lowest BCUT2D eigenvalue weighted by atomic mass is 9.36. The van der Waals surface area contributed by atoms with Crippen molar-refractivity contribution in [2.24, 2.45) is 0 Å². The predicted molar refractivity (Wildman–Crippen MR) is 301 cm³/mol. The molecule has 5 heteroatoms. The molecule has 0 saturated heterocycles. The first kappa shape index (κ1) is 45.2. The number of nitrogens with zero attached hydrogens (tertiary/aromatic N) is 2. The number of aryl methyl sites for hydroxylation is 3. The summed E-state index contributed by atoms with van der Waals surface area (Å²) >= 11 is 1.98. The minimum Gasteiger partial charge on any atom is -0.464 e. The fourth-order valence-electron chi connectivity index (χ4n) is 11.2. The molecule has 346 valence electrons. The normalized spacial score (nSPS) is 13.7. The predicted octanol–water partition coefficient (Wildman–Crippen LogP) is 17.0. The highest BCUT2D eigenvalue weighted by atomic mass is 32.1. The summed E-state index contributed by atoms with van der Waals surface area (Å²) < 4.78 is 8.97. The lowest BCUT2D eigenvalue weighted by Gasteiger charge is -2.45. The number of para-hydroxylation sites is 1. The average molecular weight is 921 g/mol. The van der Waals surface area contributed by atoms with Gasteiger partial charge in [-0.25, -0.2) is 0 Å². The summed E-state index contributed by atoms with van der Waals surface area (Å²) in [5.41, 5.74) is 25.0. The maximum atomic E-state index is 6.27. The van der Waals surface area contributed by atoms with Crippen LogP contribution in [0, 0.1) is 20.8 Å². The van der Waals surface area contributed by atoms with Crippen molar-refractivity contribution in [1.82, 2.24) is 0 Å². The summed E-state index contributed by atoms with van der Waals surface area (Å²) in [5.74, 6) is 0.281. The van der Waals surface area contributed by atoms with E-state index in [-0.39, 0.29) is 28.9 Å². The number of hydrogen-bond acceptors (Lipinski definition) is 4. The largest absolute Gasteiger partial charge is 0.464 e. The number of thiophene rings is 1. The van der Waals surface area contributed by atoms with E-state index < -0.39 is 0 Å². The van der Waals surface area contributed by atoms with Crippen molar-refractivity contribution in [3.63, 3.8) is 0 Å².